The minimum absolute atomic E-state index is 0.216. The van der Waals surface area contributed by atoms with Crippen molar-refractivity contribution in [3.05, 3.63) is 59.7 Å². The smallest absolute Gasteiger partial charge is 0.123 e. The molecule has 2 aromatic rings. The van der Waals surface area contributed by atoms with Crippen LogP contribution in [0, 0.1) is 5.82 Å². The van der Waals surface area contributed by atoms with Crippen LogP contribution in [0.4, 0.5) is 10.1 Å². The summed E-state index contributed by atoms with van der Waals surface area (Å²) >= 11 is 4.87. The van der Waals surface area contributed by atoms with Crippen molar-refractivity contribution >= 4 is 22.9 Å². The van der Waals surface area contributed by atoms with Crippen molar-refractivity contribution in [3.63, 3.8) is 0 Å². The van der Waals surface area contributed by atoms with Gasteiger partial charge in [-0.05, 0) is 36.2 Å². The van der Waals surface area contributed by atoms with Crippen molar-refractivity contribution in [2.45, 2.75) is 6.42 Å². The number of hydrogen-bond donors (Lipinski definition) is 2. The Hall–Kier alpha value is -2.01. The minimum atomic E-state index is -0.216. The second kappa shape index (κ2) is 6.24. The molecular formula is C14H14FN3S. The molecule has 19 heavy (non-hydrogen) atoms. The van der Waals surface area contributed by atoms with Crippen molar-refractivity contribution < 1.29 is 4.39 Å². The lowest BCUT2D eigenvalue weighted by Gasteiger charge is -2.07. The fourth-order valence-corrected chi connectivity index (χ4v) is 1.79. The monoisotopic (exact) mass is 275 g/mol. The maximum Gasteiger partial charge on any atom is 0.123 e. The number of aromatic nitrogens is 1. The largest absolute Gasteiger partial charge is 0.388 e. The van der Waals surface area contributed by atoms with E-state index >= 15 is 0 Å². The van der Waals surface area contributed by atoms with Crippen molar-refractivity contribution in [1.82, 2.24) is 4.98 Å². The topological polar surface area (TPSA) is 50.9 Å². The molecule has 1 aromatic carbocycles. The van der Waals surface area contributed by atoms with Gasteiger partial charge in [0.25, 0.3) is 0 Å². The molecule has 0 saturated heterocycles. The Morgan fingerprint density at radius 1 is 1.26 bits per heavy atom. The molecule has 0 fully saturated rings. The molecule has 0 bridgehead atoms. The summed E-state index contributed by atoms with van der Waals surface area (Å²) in [5.41, 5.74) is 8.12. The summed E-state index contributed by atoms with van der Waals surface area (Å²) in [6.07, 6.45) is 2.47. The zero-order valence-corrected chi connectivity index (χ0v) is 11.1. The molecule has 5 heteroatoms. The molecule has 3 nitrogen and oxygen atoms in total. The minimum Gasteiger partial charge on any atom is -0.388 e. The average Bonchev–Trinajstić information content (AvgIpc) is 2.41. The fourth-order valence-electron chi connectivity index (χ4n) is 1.68. The first kappa shape index (κ1) is 13.4. The number of hydrogen-bond acceptors (Lipinski definition) is 3. The molecule has 1 aromatic heterocycles. The van der Waals surface area contributed by atoms with Crippen molar-refractivity contribution in [3.8, 4) is 0 Å². The third-order valence-corrected chi connectivity index (χ3v) is 2.88. The van der Waals surface area contributed by atoms with Crippen LogP contribution in [0.2, 0.25) is 0 Å². The van der Waals surface area contributed by atoms with Crippen molar-refractivity contribution in [2.75, 3.05) is 11.9 Å². The molecule has 0 aliphatic heterocycles. The molecule has 98 valence electrons. The van der Waals surface area contributed by atoms with Crippen LogP contribution in [0.1, 0.15) is 11.3 Å². The molecule has 0 unspecified atom stereocenters. The summed E-state index contributed by atoms with van der Waals surface area (Å²) in [5.74, 6) is -0.216. The first-order valence-electron chi connectivity index (χ1n) is 5.89. The van der Waals surface area contributed by atoms with E-state index in [9.17, 15) is 4.39 Å². The van der Waals surface area contributed by atoms with Crippen LogP contribution < -0.4 is 11.1 Å². The maximum atomic E-state index is 12.7. The Labute approximate surface area is 116 Å². The summed E-state index contributed by atoms with van der Waals surface area (Å²) in [7, 11) is 0. The van der Waals surface area contributed by atoms with Crippen molar-refractivity contribution in [1.29, 1.82) is 0 Å². The van der Waals surface area contributed by atoms with Gasteiger partial charge in [0.1, 0.15) is 10.8 Å². The molecule has 3 N–H and O–H groups in total. The van der Waals surface area contributed by atoms with Gasteiger partial charge in [-0.2, -0.15) is 0 Å². The highest BCUT2D eigenvalue weighted by molar-refractivity contribution is 7.80. The van der Waals surface area contributed by atoms with E-state index in [4.69, 9.17) is 18.0 Å². The van der Waals surface area contributed by atoms with Gasteiger partial charge in [0.2, 0.25) is 0 Å². The van der Waals surface area contributed by atoms with E-state index in [1.165, 1.54) is 12.1 Å². The molecular weight excluding hydrogens is 261 g/mol. The van der Waals surface area contributed by atoms with Gasteiger partial charge in [-0.1, -0.05) is 24.4 Å². The van der Waals surface area contributed by atoms with E-state index in [0.29, 0.717) is 5.69 Å². The third-order valence-electron chi connectivity index (χ3n) is 2.67. The van der Waals surface area contributed by atoms with Crippen LogP contribution in [-0.4, -0.2) is 16.5 Å². The van der Waals surface area contributed by atoms with E-state index < -0.39 is 0 Å². The summed E-state index contributed by atoms with van der Waals surface area (Å²) in [5, 5.41) is 3.25. The number of pyridine rings is 1. The van der Waals surface area contributed by atoms with Crippen LogP contribution in [0.15, 0.2) is 42.6 Å². The van der Waals surface area contributed by atoms with Crippen molar-refractivity contribution in [2.24, 2.45) is 5.73 Å². The van der Waals surface area contributed by atoms with Gasteiger partial charge in [-0.3, -0.25) is 4.98 Å². The number of nitrogens with zero attached hydrogens (tertiary/aromatic N) is 1. The van der Waals surface area contributed by atoms with E-state index in [-0.39, 0.29) is 10.8 Å². The number of nitrogens with one attached hydrogen (secondary N) is 1. The highest BCUT2D eigenvalue weighted by atomic mass is 32.1. The molecule has 0 saturated carbocycles. The van der Waals surface area contributed by atoms with Crippen LogP contribution in [0.3, 0.4) is 0 Å². The molecule has 2 rings (SSSR count). The fraction of sp³-hybridized carbons (Fsp3) is 0.143. The van der Waals surface area contributed by atoms with Gasteiger partial charge in [-0.25, -0.2) is 4.39 Å². The van der Waals surface area contributed by atoms with E-state index in [1.807, 2.05) is 12.1 Å². The van der Waals surface area contributed by atoms with E-state index in [0.717, 1.165) is 24.2 Å². The molecule has 0 aliphatic carbocycles. The second-order valence-electron chi connectivity index (χ2n) is 4.10. The lowest BCUT2D eigenvalue weighted by Crippen LogP contribution is -2.12. The number of rotatable bonds is 5. The first-order chi connectivity index (χ1) is 9.15. The average molecular weight is 275 g/mol. The molecule has 0 spiro atoms. The Bertz CT molecular complexity index is 569. The van der Waals surface area contributed by atoms with Gasteiger partial charge >= 0.3 is 0 Å². The standard InChI is InChI=1S/C14H14FN3S/c15-11-3-1-10(2-4-11)5-7-17-12-6-8-18-13(9-12)14(16)19/h1-4,6,8-9H,5,7H2,(H2,16,19)(H,17,18). The number of benzene rings is 1. The van der Waals surface area contributed by atoms with Crippen LogP contribution in [-0.2, 0) is 6.42 Å². The number of thiocarbonyl (C=S) groups is 1. The Morgan fingerprint density at radius 3 is 2.68 bits per heavy atom. The zero-order chi connectivity index (χ0) is 13.7. The molecule has 1 heterocycles. The summed E-state index contributed by atoms with van der Waals surface area (Å²) in [4.78, 5) is 4.35. The number of halogens is 1. The Balaban J connectivity index is 1.90. The molecule has 0 radical (unpaired) electrons. The van der Waals surface area contributed by atoms with Crippen LogP contribution in [0.5, 0.6) is 0 Å². The predicted molar refractivity (Wildman–Crippen MR) is 78.7 cm³/mol. The summed E-state index contributed by atoms with van der Waals surface area (Å²) in [6, 6.07) is 10.2. The van der Waals surface area contributed by atoms with Gasteiger partial charge in [0.15, 0.2) is 0 Å². The summed E-state index contributed by atoms with van der Waals surface area (Å²) < 4.78 is 12.7. The first-order valence-corrected chi connectivity index (χ1v) is 6.30. The van der Waals surface area contributed by atoms with Gasteiger partial charge in [-0.15, -0.1) is 0 Å². The van der Waals surface area contributed by atoms with Crippen LogP contribution in [0.25, 0.3) is 0 Å². The van der Waals surface area contributed by atoms with E-state index in [1.54, 1.807) is 18.3 Å². The normalized spacial score (nSPS) is 10.2. The SMILES string of the molecule is NC(=S)c1cc(NCCc2ccc(F)cc2)ccn1. The van der Waals surface area contributed by atoms with E-state index in [2.05, 4.69) is 10.3 Å². The Morgan fingerprint density at radius 2 is 2.00 bits per heavy atom. The zero-order valence-electron chi connectivity index (χ0n) is 10.3. The molecule has 0 aliphatic rings. The third kappa shape index (κ3) is 3.99. The van der Waals surface area contributed by atoms with Crippen LogP contribution >= 0.6 is 12.2 Å². The highest BCUT2D eigenvalue weighted by Crippen LogP contribution is 2.09. The van der Waals surface area contributed by atoms with Gasteiger partial charge < -0.3 is 11.1 Å². The number of anilines is 1. The number of nitrogens with two attached hydrogens (primary N) is 1. The maximum absolute atomic E-state index is 12.7. The molecule has 0 amide bonds. The lowest BCUT2D eigenvalue weighted by atomic mass is 10.1. The predicted octanol–water partition coefficient (Wildman–Crippen LogP) is 2.51. The quantitative estimate of drug-likeness (QED) is 0.823. The summed E-state index contributed by atoms with van der Waals surface area (Å²) in [6.45, 7) is 0.742. The molecule has 0 atom stereocenters. The lowest BCUT2D eigenvalue weighted by molar-refractivity contribution is 0.627. The van der Waals surface area contributed by atoms with Gasteiger partial charge in [0.05, 0.1) is 5.69 Å². The van der Waals surface area contributed by atoms with Gasteiger partial charge in [0, 0.05) is 18.4 Å². The Kier molecular flexibility index (Phi) is 4.41. The second-order valence-corrected chi connectivity index (χ2v) is 4.54. The highest BCUT2D eigenvalue weighted by Gasteiger charge is 2.00.